The van der Waals surface area contributed by atoms with Crippen molar-refractivity contribution in [1.82, 2.24) is 5.32 Å². The predicted molar refractivity (Wildman–Crippen MR) is 101 cm³/mol. The fraction of sp³-hybridized carbons (Fsp3) is 0.455. The standard InChI is InChI=1S/C22H31N/c1-4-5-12-17-22(2,18-23-3)21(19-13-8-6-9-14-19)20-15-10-7-11-16-20/h6-11,13-16,21,23H,4-5,12,17-18H2,1-3H3. The van der Waals surface area contributed by atoms with Crippen LogP contribution in [0.2, 0.25) is 0 Å². The zero-order chi connectivity index (χ0) is 16.5. The number of hydrogen-bond acceptors (Lipinski definition) is 1. The molecule has 1 atom stereocenters. The first kappa shape index (κ1) is 17.7. The second kappa shape index (κ2) is 8.88. The van der Waals surface area contributed by atoms with Crippen molar-refractivity contribution in [3.05, 3.63) is 71.8 Å². The summed E-state index contributed by atoms with van der Waals surface area (Å²) >= 11 is 0. The van der Waals surface area contributed by atoms with Crippen LogP contribution in [0.3, 0.4) is 0 Å². The highest BCUT2D eigenvalue weighted by Crippen LogP contribution is 2.44. The maximum Gasteiger partial charge on any atom is 0.0155 e. The van der Waals surface area contributed by atoms with E-state index in [2.05, 4.69) is 86.9 Å². The van der Waals surface area contributed by atoms with Crippen molar-refractivity contribution in [3.63, 3.8) is 0 Å². The second-order valence-corrected chi connectivity index (χ2v) is 6.90. The van der Waals surface area contributed by atoms with Crippen molar-refractivity contribution in [2.45, 2.75) is 45.4 Å². The number of benzene rings is 2. The zero-order valence-corrected chi connectivity index (χ0v) is 14.9. The minimum atomic E-state index is 0.215. The molecular weight excluding hydrogens is 278 g/mol. The quantitative estimate of drug-likeness (QED) is 0.592. The van der Waals surface area contributed by atoms with E-state index in [1.54, 1.807) is 0 Å². The fourth-order valence-corrected chi connectivity index (χ4v) is 3.81. The van der Waals surface area contributed by atoms with Gasteiger partial charge in [0, 0.05) is 12.5 Å². The summed E-state index contributed by atoms with van der Waals surface area (Å²) in [6, 6.07) is 22.0. The van der Waals surface area contributed by atoms with Gasteiger partial charge in [-0.25, -0.2) is 0 Å². The molecule has 0 amide bonds. The molecule has 23 heavy (non-hydrogen) atoms. The molecule has 2 aromatic rings. The number of hydrogen-bond donors (Lipinski definition) is 1. The van der Waals surface area contributed by atoms with E-state index in [1.165, 1.54) is 36.8 Å². The largest absolute Gasteiger partial charge is 0.319 e. The lowest BCUT2D eigenvalue weighted by atomic mass is 9.67. The van der Waals surface area contributed by atoms with Gasteiger partial charge >= 0.3 is 0 Å². The highest BCUT2D eigenvalue weighted by molar-refractivity contribution is 5.35. The Kier molecular flexibility index (Phi) is 6.85. The third kappa shape index (κ3) is 4.68. The van der Waals surface area contributed by atoms with Gasteiger partial charge in [-0.05, 0) is 30.0 Å². The van der Waals surface area contributed by atoms with Crippen molar-refractivity contribution in [2.75, 3.05) is 13.6 Å². The van der Waals surface area contributed by atoms with Crippen molar-refractivity contribution in [3.8, 4) is 0 Å². The van der Waals surface area contributed by atoms with Crippen molar-refractivity contribution >= 4 is 0 Å². The van der Waals surface area contributed by atoms with Gasteiger partial charge in [-0.15, -0.1) is 0 Å². The van der Waals surface area contributed by atoms with Crippen LogP contribution in [0.1, 0.15) is 56.6 Å². The number of unbranched alkanes of at least 4 members (excludes halogenated alkanes) is 2. The molecule has 1 heteroatoms. The van der Waals surface area contributed by atoms with E-state index in [-0.39, 0.29) is 5.41 Å². The first-order chi connectivity index (χ1) is 11.2. The molecule has 2 aromatic carbocycles. The Morgan fingerprint density at radius 2 is 1.39 bits per heavy atom. The van der Waals surface area contributed by atoms with Gasteiger partial charge in [-0.3, -0.25) is 0 Å². The van der Waals surface area contributed by atoms with Crippen LogP contribution in [0.4, 0.5) is 0 Å². The summed E-state index contributed by atoms with van der Waals surface area (Å²) in [5.41, 5.74) is 3.06. The van der Waals surface area contributed by atoms with E-state index >= 15 is 0 Å². The molecule has 0 aliphatic carbocycles. The molecule has 1 unspecified atom stereocenters. The number of nitrogens with one attached hydrogen (secondary N) is 1. The smallest absolute Gasteiger partial charge is 0.0155 e. The van der Waals surface area contributed by atoms with Crippen LogP contribution < -0.4 is 5.32 Å². The first-order valence-electron chi connectivity index (χ1n) is 8.96. The SMILES string of the molecule is CCCCCC(C)(CNC)C(c1ccccc1)c1ccccc1. The Bertz CT molecular complexity index is 509. The maximum absolute atomic E-state index is 3.46. The summed E-state index contributed by atoms with van der Waals surface area (Å²) in [4.78, 5) is 0. The molecule has 0 spiro atoms. The topological polar surface area (TPSA) is 12.0 Å². The van der Waals surface area contributed by atoms with E-state index in [0.717, 1.165) is 6.54 Å². The minimum absolute atomic E-state index is 0.215. The molecule has 1 nitrogen and oxygen atoms in total. The van der Waals surface area contributed by atoms with Crippen LogP contribution in [-0.4, -0.2) is 13.6 Å². The van der Waals surface area contributed by atoms with Gasteiger partial charge in [-0.2, -0.15) is 0 Å². The lowest BCUT2D eigenvalue weighted by Crippen LogP contribution is -2.36. The van der Waals surface area contributed by atoms with E-state index in [1.807, 2.05) is 0 Å². The summed E-state index contributed by atoms with van der Waals surface area (Å²) in [6.07, 6.45) is 5.13. The molecule has 1 N–H and O–H groups in total. The van der Waals surface area contributed by atoms with Gasteiger partial charge in [0.1, 0.15) is 0 Å². The normalized spacial score (nSPS) is 13.9. The molecule has 2 rings (SSSR count). The average molecular weight is 309 g/mol. The molecule has 124 valence electrons. The molecule has 0 aliphatic rings. The van der Waals surface area contributed by atoms with E-state index in [0.29, 0.717) is 5.92 Å². The molecule has 0 radical (unpaired) electrons. The van der Waals surface area contributed by atoms with Crippen molar-refractivity contribution in [1.29, 1.82) is 0 Å². The average Bonchev–Trinajstić information content (AvgIpc) is 2.57. The van der Waals surface area contributed by atoms with Gasteiger partial charge in [0.2, 0.25) is 0 Å². The minimum Gasteiger partial charge on any atom is -0.319 e. The fourth-order valence-electron chi connectivity index (χ4n) is 3.81. The summed E-state index contributed by atoms with van der Waals surface area (Å²) in [7, 11) is 2.07. The van der Waals surface area contributed by atoms with Crippen LogP contribution in [0.15, 0.2) is 60.7 Å². The van der Waals surface area contributed by atoms with Crippen LogP contribution >= 0.6 is 0 Å². The van der Waals surface area contributed by atoms with Gasteiger partial charge in [0.05, 0.1) is 0 Å². The third-order valence-corrected chi connectivity index (χ3v) is 4.89. The van der Waals surface area contributed by atoms with Crippen LogP contribution in [0, 0.1) is 5.41 Å². The predicted octanol–water partition coefficient (Wildman–Crippen LogP) is 5.62. The monoisotopic (exact) mass is 309 g/mol. The Balaban J connectivity index is 2.41. The van der Waals surface area contributed by atoms with Crippen LogP contribution in [0.25, 0.3) is 0 Å². The molecular formula is C22H31N. The second-order valence-electron chi connectivity index (χ2n) is 6.90. The van der Waals surface area contributed by atoms with Crippen LogP contribution in [0.5, 0.6) is 0 Å². The van der Waals surface area contributed by atoms with Gasteiger partial charge in [0.15, 0.2) is 0 Å². The van der Waals surface area contributed by atoms with Crippen molar-refractivity contribution in [2.24, 2.45) is 5.41 Å². The summed E-state index contributed by atoms with van der Waals surface area (Å²) in [6.45, 7) is 5.76. The Morgan fingerprint density at radius 3 is 1.83 bits per heavy atom. The molecule has 0 fully saturated rings. The summed E-state index contributed by atoms with van der Waals surface area (Å²) < 4.78 is 0. The third-order valence-electron chi connectivity index (χ3n) is 4.89. The van der Waals surface area contributed by atoms with Gasteiger partial charge in [0.25, 0.3) is 0 Å². The molecule has 0 heterocycles. The van der Waals surface area contributed by atoms with E-state index in [4.69, 9.17) is 0 Å². The highest BCUT2D eigenvalue weighted by atomic mass is 14.8. The van der Waals surface area contributed by atoms with E-state index in [9.17, 15) is 0 Å². The Labute approximate surface area is 142 Å². The molecule has 0 bridgehead atoms. The maximum atomic E-state index is 3.46. The van der Waals surface area contributed by atoms with Crippen LogP contribution in [-0.2, 0) is 0 Å². The molecule has 0 saturated carbocycles. The highest BCUT2D eigenvalue weighted by Gasteiger charge is 2.35. The van der Waals surface area contributed by atoms with E-state index < -0.39 is 0 Å². The molecule has 0 aromatic heterocycles. The molecule has 0 saturated heterocycles. The summed E-state index contributed by atoms with van der Waals surface area (Å²) in [5.74, 6) is 0.425. The van der Waals surface area contributed by atoms with Gasteiger partial charge < -0.3 is 5.32 Å². The van der Waals surface area contributed by atoms with Gasteiger partial charge in [-0.1, -0.05) is 93.8 Å². The summed E-state index contributed by atoms with van der Waals surface area (Å²) in [5, 5.41) is 3.46. The molecule has 0 aliphatic heterocycles. The van der Waals surface area contributed by atoms with Crippen molar-refractivity contribution < 1.29 is 0 Å². The lowest BCUT2D eigenvalue weighted by molar-refractivity contribution is 0.241. The first-order valence-corrected chi connectivity index (χ1v) is 8.96. The zero-order valence-electron chi connectivity index (χ0n) is 14.9. The number of rotatable bonds is 9. The Hall–Kier alpha value is -1.60. The Morgan fingerprint density at radius 1 is 0.870 bits per heavy atom. The lowest BCUT2D eigenvalue weighted by Gasteiger charge is -2.39.